The smallest absolute Gasteiger partial charge is 0.254 e. The van der Waals surface area contributed by atoms with Crippen molar-refractivity contribution in [2.45, 2.75) is 63.0 Å². The third-order valence-electron chi connectivity index (χ3n) is 5.60. The summed E-state index contributed by atoms with van der Waals surface area (Å²) in [5, 5.41) is 10.7. The van der Waals surface area contributed by atoms with Crippen LogP contribution in [0, 0.1) is 0 Å². The molecule has 3 fully saturated rings. The minimum atomic E-state index is -1.08. The van der Waals surface area contributed by atoms with Gasteiger partial charge in [0.25, 0.3) is 5.91 Å². The molecule has 5 nitrogen and oxygen atoms in total. The number of aliphatic hydroxyl groups is 1. The van der Waals surface area contributed by atoms with Gasteiger partial charge >= 0.3 is 0 Å². The molecule has 0 bridgehead atoms. The fraction of sp³-hybridized carbons (Fsp3) is 0.941. The molecule has 1 amide bonds. The van der Waals surface area contributed by atoms with Crippen molar-refractivity contribution < 1.29 is 14.6 Å². The van der Waals surface area contributed by atoms with Gasteiger partial charge in [0, 0.05) is 45.4 Å². The molecular weight excluding hydrogens is 280 g/mol. The van der Waals surface area contributed by atoms with Gasteiger partial charge in [0.1, 0.15) is 5.60 Å². The number of amides is 1. The van der Waals surface area contributed by atoms with Crippen molar-refractivity contribution in [2.75, 3.05) is 39.4 Å². The predicted octanol–water partition coefficient (Wildman–Crippen LogP) is 1.39. The second-order valence-corrected chi connectivity index (χ2v) is 7.12. The van der Waals surface area contributed by atoms with Crippen LogP contribution in [0.2, 0.25) is 0 Å². The van der Waals surface area contributed by atoms with Crippen LogP contribution in [-0.4, -0.2) is 71.8 Å². The van der Waals surface area contributed by atoms with Crippen LogP contribution in [0.5, 0.6) is 0 Å². The van der Waals surface area contributed by atoms with E-state index in [0.717, 1.165) is 77.9 Å². The average molecular weight is 310 g/mol. The highest BCUT2D eigenvalue weighted by Crippen LogP contribution is 2.30. The van der Waals surface area contributed by atoms with E-state index in [9.17, 15) is 9.90 Å². The highest BCUT2D eigenvalue weighted by atomic mass is 16.5. The van der Waals surface area contributed by atoms with E-state index < -0.39 is 5.60 Å². The van der Waals surface area contributed by atoms with Gasteiger partial charge in [0.05, 0.1) is 0 Å². The van der Waals surface area contributed by atoms with Crippen LogP contribution in [0.4, 0.5) is 0 Å². The van der Waals surface area contributed by atoms with E-state index in [4.69, 9.17) is 4.74 Å². The SMILES string of the molecule is O=C(N1CCCN(C2CCOCC2)CC1)C1(O)CCCCC1. The zero-order valence-corrected chi connectivity index (χ0v) is 13.6. The molecule has 0 aromatic heterocycles. The average Bonchev–Trinajstić information content (AvgIpc) is 2.82. The molecule has 0 aromatic carbocycles. The molecule has 1 aliphatic carbocycles. The van der Waals surface area contributed by atoms with Crippen molar-refractivity contribution in [3.05, 3.63) is 0 Å². The van der Waals surface area contributed by atoms with Crippen LogP contribution in [-0.2, 0) is 9.53 Å². The molecule has 3 rings (SSSR count). The quantitative estimate of drug-likeness (QED) is 0.837. The van der Waals surface area contributed by atoms with Crippen molar-refractivity contribution in [3.63, 3.8) is 0 Å². The van der Waals surface area contributed by atoms with Crippen LogP contribution in [0.1, 0.15) is 51.4 Å². The molecule has 2 saturated heterocycles. The zero-order chi connectivity index (χ0) is 15.4. The van der Waals surface area contributed by atoms with Crippen LogP contribution >= 0.6 is 0 Å². The van der Waals surface area contributed by atoms with Gasteiger partial charge in [-0.05, 0) is 32.1 Å². The van der Waals surface area contributed by atoms with E-state index >= 15 is 0 Å². The summed E-state index contributed by atoms with van der Waals surface area (Å²) in [7, 11) is 0. The first kappa shape index (κ1) is 16.2. The number of hydrogen-bond donors (Lipinski definition) is 1. The number of carbonyl (C=O) groups is 1. The molecule has 0 atom stereocenters. The summed E-state index contributed by atoms with van der Waals surface area (Å²) >= 11 is 0. The first-order valence-corrected chi connectivity index (χ1v) is 9.03. The van der Waals surface area contributed by atoms with Crippen molar-refractivity contribution in [1.29, 1.82) is 0 Å². The van der Waals surface area contributed by atoms with Crippen molar-refractivity contribution in [1.82, 2.24) is 9.80 Å². The van der Waals surface area contributed by atoms with E-state index in [0.29, 0.717) is 18.9 Å². The topological polar surface area (TPSA) is 53.0 Å². The number of rotatable bonds is 2. The molecule has 2 aliphatic heterocycles. The Morgan fingerprint density at radius 1 is 0.955 bits per heavy atom. The maximum absolute atomic E-state index is 12.7. The van der Waals surface area contributed by atoms with Crippen LogP contribution in [0.25, 0.3) is 0 Å². The van der Waals surface area contributed by atoms with Gasteiger partial charge < -0.3 is 14.7 Å². The monoisotopic (exact) mass is 310 g/mol. The van der Waals surface area contributed by atoms with Gasteiger partial charge in [-0.15, -0.1) is 0 Å². The summed E-state index contributed by atoms with van der Waals surface area (Å²) in [6, 6.07) is 0.613. The lowest BCUT2D eigenvalue weighted by Gasteiger charge is -2.36. The van der Waals surface area contributed by atoms with E-state index in [1.807, 2.05) is 4.90 Å². The van der Waals surface area contributed by atoms with Crippen LogP contribution in [0.3, 0.4) is 0 Å². The third-order valence-corrected chi connectivity index (χ3v) is 5.60. The second-order valence-electron chi connectivity index (χ2n) is 7.12. The Hall–Kier alpha value is -0.650. The Labute approximate surface area is 133 Å². The van der Waals surface area contributed by atoms with Gasteiger partial charge in [-0.25, -0.2) is 0 Å². The summed E-state index contributed by atoms with van der Waals surface area (Å²) in [6.45, 7) is 5.28. The highest BCUT2D eigenvalue weighted by molar-refractivity contribution is 5.85. The molecule has 22 heavy (non-hydrogen) atoms. The molecule has 126 valence electrons. The van der Waals surface area contributed by atoms with Gasteiger partial charge in [0.15, 0.2) is 0 Å². The summed E-state index contributed by atoms with van der Waals surface area (Å²) < 4.78 is 5.45. The Morgan fingerprint density at radius 3 is 2.41 bits per heavy atom. The van der Waals surface area contributed by atoms with Crippen molar-refractivity contribution in [3.8, 4) is 0 Å². The number of hydrogen-bond acceptors (Lipinski definition) is 4. The Morgan fingerprint density at radius 2 is 1.68 bits per heavy atom. The van der Waals surface area contributed by atoms with E-state index in [1.165, 1.54) is 0 Å². The standard InChI is InChI=1S/C17H30N2O3/c20-16(17(21)7-2-1-3-8-17)19-10-4-9-18(11-12-19)15-5-13-22-14-6-15/h15,21H,1-14H2. The molecule has 2 heterocycles. The zero-order valence-electron chi connectivity index (χ0n) is 13.6. The highest BCUT2D eigenvalue weighted by Gasteiger charge is 2.40. The van der Waals surface area contributed by atoms with Crippen molar-refractivity contribution in [2.24, 2.45) is 0 Å². The molecule has 3 aliphatic rings. The minimum absolute atomic E-state index is 0.0129. The maximum atomic E-state index is 12.7. The molecule has 0 unspecified atom stereocenters. The summed E-state index contributed by atoms with van der Waals surface area (Å²) in [4.78, 5) is 17.2. The normalized spacial score (nSPS) is 28.3. The Kier molecular flexibility index (Phi) is 5.37. The second kappa shape index (κ2) is 7.28. The minimum Gasteiger partial charge on any atom is -0.381 e. The van der Waals surface area contributed by atoms with E-state index in [1.54, 1.807) is 0 Å². The number of nitrogens with zero attached hydrogens (tertiary/aromatic N) is 2. The van der Waals surface area contributed by atoms with Gasteiger partial charge in [-0.3, -0.25) is 9.69 Å². The van der Waals surface area contributed by atoms with Crippen LogP contribution in [0.15, 0.2) is 0 Å². The third kappa shape index (κ3) is 3.63. The van der Waals surface area contributed by atoms with Gasteiger partial charge in [-0.2, -0.15) is 0 Å². The molecule has 5 heteroatoms. The molecule has 0 spiro atoms. The fourth-order valence-corrected chi connectivity index (χ4v) is 4.20. The number of ether oxygens (including phenoxy) is 1. The first-order valence-electron chi connectivity index (χ1n) is 9.03. The maximum Gasteiger partial charge on any atom is 0.254 e. The predicted molar refractivity (Wildman–Crippen MR) is 84.6 cm³/mol. The lowest BCUT2D eigenvalue weighted by Crippen LogP contribution is -2.51. The molecule has 0 radical (unpaired) electrons. The van der Waals surface area contributed by atoms with E-state index in [-0.39, 0.29) is 5.91 Å². The fourth-order valence-electron chi connectivity index (χ4n) is 4.20. The molecule has 0 aromatic rings. The summed E-state index contributed by atoms with van der Waals surface area (Å²) in [5.41, 5.74) is -1.08. The summed E-state index contributed by atoms with van der Waals surface area (Å²) in [6.07, 6.45) is 7.62. The molecule has 1 N–H and O–H groups in total. The van der Waals surface area contributed by atoms with E-state index in [2.05, 4.69) is 4.90 Å². The molecule has 1 saturated carbocycles. The lowest BCUT2D eigenvalue weighted by atomic mass is 9.84. The number of carbonyl (C=O) groups excluding carboxylic acids is 1. The van der Waals surface area contributed by atoms with Gasteiger partial charge in [0.2, 0.25) is 0 Å². The van der Waals surface area contributed by atoms with Crippen molar-refractivity contribution >= 4 is 5.91 Å². The largest absolute Gasteiger partial charge is 0.381 e. The Bertz CT molecular complexity index is 376. The lowest BCUT2D eigenvalue weighted by molar-refractivity contribution is -0.154. The summed E-state index contributed by atoms with van der Waals surface area (Å²) in [5.74, 6) is -0.0129. The van der Waals surface area contributed by atoms with Crippen LogP contribution < -0.4 is 0 Å². The first-order chi connectivity index (χ1) is 10.7. The Balaban J connectivity index is 1.56. The molecular formula is C17H30N2O3. The van der Waals surface area contributed by atoms with Gasteiger partial charge in [-0.1, -0.05) is 19.3 Å².